The zero-order chi connectivity index (χ0) is 24.4. The smallest absolute Gasteiger partial charge is 0.395 e. The lowest BCUT2D eigenvalue weighted by molar-refractivity contribution is -0.286. The molecule has 0 spiro atoms. The van der Waals surface area contributed by atoms with Gasteiger partial charge in [0, 0.05) is 42.5 Å². The van der Waals surface area contributed by atoms with Crippen LogP contribution in [0.4, 0.5) is 20.4 Å². The van der Waals surface area contributed by atoms with Crippen molar-refractivity contribution in [3.8, 4) is 17.3 Å². The number of alkyl halides is 2. The van der Waals surface area contributed by atoms with Gasteiger partial charge in [-0.1, -0.05) is 30.3 Å². The number of fused-ring (bicyclic) bond motifs is 1. The fourth-order valence-electron chi connectivity index (χ4n) is 3.80. The van der Waals surface area contributed by atoms with Gasteiger partial charge in [0.1, 0.15) is 5.82 Å². The Labute approximate surface area is 200 Å². The van der Waals surface area contributed by atoms with Gasteiger partial charge in [0.25, 0.3) is 0 Å². The minimum atomic E-state index is -3.67. The van der Waals surface area contributed by atoms with Crippen LogP contribution in [0.25, 0.3) is 5.82 Å². The minimum absolute atomic E-state index is 0.0116. The standard InChI is InChI=1S/C25H23F2N5O3/c1-16-12-29-24(30-19-7-8-21-22(11-19)35-25(26,27)34-21)31-23(16)32-10-9-17(14-32)13-28-20(15-33)18-5-3-2-4-6-18/h2-12,14,20,28,33H,13,15H2,1H3,(H,29,30,31). The first-order valence-corrected chi connectivity index (χ1v) is 11.0. The Balaban J connectivity index is 1.29. The number of nitrogens with one attached hydrogen (secondary N) is 2. The van der Waals surface area contributed by atoms with Crippen LogP contribution >= 0.6 is 0 Å². The first-order valence-electron chi connectivity index (χ1n) is 11.0. The molecule has 8 nitrogen and oxygen atoms in total. The average Bonchev–Trinajstić information content (AvgIpc) is 3.44. The monoisotopic (exact) mass is 479 g/mol. The molecule has 3 N–H and O–H groups in total. The number of halogens is 2. The van der Waals surface area contributed by atoms with E-state index in [4.69, 9.17) is 0 Å². The predicted molar refractivity (Wildman–Crippen MR) is 125 cm³/mol. The molecule has 1 unspecified atom stereocenters. The van der Waals surface area contributed by atoms with Gasteiger partial charge in [0.05, 0.1) is 12.6 Å². The summed E-state index contributed by atoms with van der Waals surface area (Å²) in [7, 11) is 0. The summed E-state index contributed by atoms with van der Waals surface area (Å²) in [6.07, 6.45) is 1.86. The molecular formula is C25H23F2N5O3. The van der Waals surface area contributed by atoms with E-state index in [0.717, 1.165) is 16.7 Å². The first kappa shape index (κ1) is 22.8. The molecule has 1 atom stereocenters. The van der Waals surface area contributed by atoms with Crippen LogP contribution in [0.3, 0.4) is 0 Å². The number of aryl methyl sites for hydroxylation is 1. The van der Waals surface area contributed by atoms with Crippen molar-refractivity contribution in [3.05, 3.63) is 89.9 Å². The first-order chi connectivity index (χ1) is 16.9. The molecular weight excluding hydrogens is 456 g/mol. The molecule has 35 heavy (non-hydrogen) atoms. The number of ether oxygens (including phenoxy) is 2. The summed E-state index contributed by atoms with van der Waals surface area (Å²) in [5.41, 5.74) is 3.37. The maximum atomic E-state index is 13.3. The summed E-state index contributed by atoms with van der Waals surface area (Å²) in [4.78, 5) is 8.89. The van der Waals surface area contributed by atoms with Gasteiger partial charge in [-0.15, -0.1) is 8.78 Å². The number of aliphatic hydroxyl groups excluding tert-OH is 1. The van der Waals surface area contributed by atoms with Gasteiger partial charge in [-0.25, -0.2) is 4.98 Å². The van der Waals surface area contributed by atoms with Crippen molar-refractivity contribution in [2.24, 2.45) is 0 Å². The molecule has 3 heterocycles. The number of aliphatic hydroxyl groups is 1. The van der Waals surface area contributed by atoms with Gasteiger partial charge in [-0.05, 0) is 36.2 Å². The van der Waals surface area contributed by atoms with E-state index in [1.807, 2.05) is 60.3 Å². The SMILES string of the molecule is Cc1cnc(Nc2ccc3c(c2)OC(F)(F)O3)nc1-n1ccc(CNC(CO)c2ccccc2)c1. The van der Waals surface area contributed by atoms with Crippen LogP contribution in [0.5, 0.6) is 11.5 Å². The summed E-state index contributed by atoms with van der Waals surface area (Å²) in [6.45, 7) is 2.45. The van der Waals surface area contributed by atoms with Crippen LogP contribution in [-0.4, -0.2) is 32.5 Å². The number of rotatable bonds is 8. The third-order valence-corrected chi connectivity index (χ3v) is 5.54. The summed E-state index contributed by atoms with van der Waals surface area (Å²) in [6, 6.07) is 16.0. The zero-order valence-corrected chi connectivity index (χ0v) is 18.8. The fourth-order valence-corrected chi connectivity index (χ4v) is 3.80. The number of nitrogens with zero attached hydrogens (tertiary/aromatic N) is 3. The van der Waals surface area contributed by atoms with E-state index in [-0.39, 0.29) is 24.1 Å². The number of benzene rings is 2. The Kier molecular flexibility index (Phi) is 6.06. The Hall–Kier alpha value is -4.02. The molecule has 0 saturated heterocycles. The molecule has 1 aliphatic heterocycles. The van der Waals surface area contributed by atoms with Crippen molar-refractivity contribution in [1.82, 2.24) is 19.9 Å². The largest absolute Gasteiger partial charge is 0.586 e. The molecule has 1 aliphatic rings. The van der Waals surface area contributed by atoms with Crippen LogP contribution in [0, 0.1) is 6.92 Å². The molecule has 0 saturated carbocycles. The third kappa shape index (κ3) is 5.08. The second-order valence-corrected chi connectivity index (χ2v) is 8.11. The van der Waals surface area contributed by atoms with Crippen LogP contribution in [-0.2, 0) is 6.54 Å². The highest BCUT2D eigenvalue weighted by atomic mass is 19.3. The van der Waals surface area contributed by atoms with E-state index in [1.165, 1.54) is 12.1 Å². The molecule has 0 bridgehead atoms. The summed E-state index contributed by atoms with van der Waals surface area (Å²) >= 11 is 0. The molecule has 10 heteroatoms. The van der Waals surface area contributed by atoms with Crippen molar-refractivity contribution in [3.63, 3.8) is 0 Å². The van der Waals surface area contributed by atoms with Gasteiger partial charge in [-0.2, -0.15) is 4.98 Å². The number of hydrogen-bond donors (Lipinski definition) is 3. The molecule has 0 fully saturated rings. The van der Waals surface area contributed by atoms with Crippen molar-refractivity contribution < 1.29 is 23.4 Å². The Bertz CT molecular complexity index is 1330. The van der Waals surface area contributed by atoms with Crippen molar-refractivity contribution in [2.45, 2.75) is 25.8 Å². The van der Waals surface area contributed by atoms with Gasteiger partial charge in [0.2, 0.25) is 5.95 Å². The van der Waals surface area contributed by atoms with Crippen molar-refractivity contribution in [1.29, 1.82) is 0 Å². The Morgan fingerprint density at radius 3 is 2.69 bits per heavy atom. The van der Waals surface area contributed by atoms with E-state index in [9.17, 15) is 13.9 Å². The lowest BCUT2D eigenvalue weighted by atomic mass is 10.1. The topological polar surface area (TPSA) is 93.5 Å². The number of hydrogen-bond acceptors (Lipinski definition) is 7. The Morgan fingerprint density at radius 2 is 1.89 bits per heavy atom. The summed E-state index contributed by atoms with van der Waals surface area (Å²) < 4.78 is 37.4. The molecule has 5 rings (SSSR count). The third-order valence-electron chi connectivity index (χ3n) is 5.54. The second kappa shape index (κ2) is 9.32. The van der Waals surface area contributed by atoms with E-state index in [2.05, 4.69) is 30.1 Å². The zero-order valence-electron chi connectivity index (χ0n) is 18.8. The highest BCUT2D eigenvalue weighted by Crippen LogP contribution is 2.42. The normalized spacial score (nSPS) is 14.6. The van der Waals surface area contributed by atoms with Crippen molar-refractivity contribution in [2.75, 3.05) is 11.9 Å². The van der Waals surface area contributed by atoms with Crippen LogP contribution in [0.2, 0.25) is 0 Å². The fraction of sp³-hybridized carbons (Fsp3) is 0.200. The van der Waals surface area contributed by atoms with E-state index in [0.29, 0.717) is 24.0 Å². The maximum absolute atomic E-state index is 13.3. The number of aromatic nitrogens is 3. The quantitative estimate of drug-likeness (QED) is 0.344. The van der Waals surface area contributed by atoms with E-state index in [1.54, 1.807) is 12.3 Å². The van der Waals surface area contributed by atoms with Gasteiger partial charge < -0.3 is 29.8 Å². The molecule has 0 aliphatic carbocycles. The Morgan fingerprint density at radius 1 is 1.09 bits per heavy atom. The highest BCUT2D eigenvalue weighted by Gasteiger charge is 2.43. The summed E-state index contributed by atoms with van der Waals surface area (Å²) in [5, 5.41) is 16.1. The van der Waals surface area contributed by atoms with Gasteiger partial charge in [0.15, 0.2) is 11.5 Å². The lowest BCUT2D eigenvalue weighted by Crippen LogP contribution is -2.25. The molecule has 180 valence electrons. The number of anilines is 2. The van der Waals surface area contributed by atoms with E-state index >= 15 is 0 Å². The van der Waals surface area contributed by atoms with E-state index < -0.39 is 6.29 Å². The van der Waals surface area contributed by atoms with Gasteiger partial charge >= 0.3 is 6.29 Å². The molecule has 0 radical (unpaired) electrons. The summed E-state index contributed by atoms with van der Waals surface area (Å²) in [5.74, 6) is 0.874. The molecule has 4 aromatic rings. The van der Waals surface area contributed by atoms with Crippen LogP contribution < -0.4 is 20.1 Å². The van der Waals surface area contributed by atoms with Gasteiger partial charge in [-0.3, -0.25) is 0 Å². The van der Waals surface area contributed by atoms with Crippen LogP contribution in [0.15, 0.2) is 73.2 Å². The lowest BCUT2D eigenvalue weighted by Gasteiger charge is -2.16. The van der Waals surface area contributed by atoms with Crippen LogP contribution in [0.1, 0.15) is 22.7 Å². The minimum Gasteiger partial charge on any atom is -0.395 e. The molecule has 0 amide bonds. The molecule has 2 aromatic heterocycles. The second-order valence-electron chi connectivity index (χ2n) is 8.11. The highest BCUT2D eigenvalue weighted by molar-refractivity contribution is 5.61. The predicted octanol–water partition coefficient (Wildman–Crippen LogP) is 4.46. The average molecular weight is 479 g/mol. The van der Waals surface area contributed by atoms with Crippen molar-refractivity contribution >= 4 is 11.6 Å². The molecule has 2 aromatic carbocycles. The maximum Gasteiger partial charge on any atom is 0.586 e.